The van der Waals surface area contributed by atoms with Crippen molar-refractivity contribution < 1.29 is 59.3 Å². The Kier molecular flexibility index (Phi) is 17.0. The molecule has 0 aliphatic carbocycles. The van der Waals surface area contributed by atoms with Gasteiger partial charge >= 0.3 is 32.4 Å². The number of ether oxygens (including phenoxy) is 2. The Hall–Kier alpha value is -3.52. The molecule has 1 aliphatic rings. The SMILES string of the molecule is CC(=O)[O-].CC(=O)[O-].COC(=O)/C=C/c1ccc(N2CCN(C)CC2)cc1C(=O)OCc1ccccc1.[Pd+2]. The van der Waals surface area contributed by atoms with E-state index in [1.165, 1.54) is 13.2 Å². The minimum absolute atomic E-state index is 0. The Bertz CT molecular complexity index is 1050. The van der Waals surface area contributed by atoms with Gasteiger partial charge in [0.2, 0.25) is 0 Å². The number of hydrogen-bond donors (Lipinski definition) is 0. The van der Waals surface area contributed by atoms with Crippen LogP contribution < -0.4 is 15.1 Å². The average molecular weight is 619 g/mol. The largest absolute Gasteiger partial charge is 2.00 e. The van der Waals surface area contributed by atoms with Crippen LogP contribution in [-0.4, -0.2) is 69.1 Å². The minimum Gasteiger partial charge on any atom is -0.550 e. The van der Waals surface area contributed by atoms with E-state index in [1.807, 2.05) is 48.5 Å². The van der Waals surface area contributed by atoms with E-state index < -0.39 is 23.9 Å². The van der Waals surface area contributed by atoms with E-state index in [0.29, 0.717) is 11.1 Å². The predicted molar refractivity (Wildman–Crippen MR) is 134 cm³/mol. The first-order valence-electron chi connectivity index (χ1n) is 11.4. The summed E-state index contributed by atoms with van der Waals surface area (Å²) in [5, 5.41) is 17.8. The van der Waals surface area contributed by atoms with Gasteiger partial charge in [-0.05, 0) is 50.2 Å². The van der Waals surface area contributed by atoms with Gasteiger partial charge in [0.25, 0.3) is 0 Å². The fourth-order valence-electron chi connectivity index (χ4n) is 3.15. The van der Waals surface area contributed by atoms with Crippen molar-refractivity contribution in [2.45, 2.75) is 20.5 Å². The maximum absolute atomic E-state index is 12.8. The van der Waals surface area contributed by atoms with E-state index >= 15 is 0 Å². The van der Waals surface area contributed by atoms with Crippen molar-refractivity contribution in [3.63, 3.8) is 0 Å². The Morgan fingerprint density at radius 1 is 0.921 bits per heavy atom. The van der Waals surface area contributed by atoms with Gasteiger partial charge in [0.05, 0.1) is 12.7 Å². The van der Waals surface area contributed by atoms with Crippen molar-refractivity contribution in [2.24, 2.45) is 0 Å². The zero-order valence-corrected chi connectivity index (χ0v) is 23.3. The first-order chi connectivity index (χ1) is 17.5. The topological polar surface area (TPSA) is 139 Å². The summed E-state index contributed by atoms with van der Waals surface area (Å²) in [4.78, 5) is 46.6. The van der Waals surface area contributed by atoms with Crippen LogP contribution in [-0.2, 0) is 50.9 Å². The molecule has 0 atom stereocenters. The second kappa shape index (κ2) is 18.7. The van der Waals surface area contributed by atoms with E-state index in [0.717, 1.165) is 51.3 Å². The third kappa shape index (κ3) is 14.3. The Balaban J connectivity index is 0.00000134. The van der Waals surface area contributed by atoms with Crippen LogP contribution in [0.3, 0.4) is 0 Å². The van der Waals surface area contributed by atoms with Crippen LogP contribution in [0.4, 0.5) is 5.69 Å². The summed E-state index contributed by atoms with van der Waals surface area (Å²) < 4.78 is 10.2. The average Bonchev–Trinajstić information content (AvgIpc) is 2.86. The number of carboxylic acids is 2. The molecule has 1 saturated heterocycles. The van der Waals surface area contributed by atoms with E-state index in [2.05, 4.69) is 21.6 Å². The third-order valence-electron chi connectivity index (χ3n) is 4.94. The number of hydrogen-bond acceptors (Lipinski definition) is 10. The molecular formula is C27H32N2O8Pd. The molecule has 0 unspecified atom stereocenters. The van der Waals surface area contributed by atoms with Gasteiger partial charge in [0, 0.05) is 49.9 Å². The zero-order chi connectivity index (χ0) is 27.8. The smallest absolute Gasteiger partial charge is 0.550 e. The van der Waals surface area contributed by atoms with Crippen molar-refractivity contribution in [1.29, 1.82) is 0 Å². The number of piperazine rings is 1. The van der Waals surface area contributed by atoms with Crippen molar-refractivity contribution in [1.82, 2.24) is 4.90 Å². The Morgan fingerprint density at radius 2 is 1.47 bits per heavy atom. The normalized spacial score (nSPS) is 12.6. The Morgan fingerprint density at radius 3 is 2.00 bits per heavy atom. The first kappa shape index (κ1) is 34.5. The van der Waals surface area contributed by atoms with Gasteiger partial charge in [-0.2, -0.15) is 0 Å². The van der Waals surface area contributed by atoms with Gasteiger partial charge in [-0.25, -0.2) is 9.59 Å². The molecule has 208 valence electrons. The maximum atomic E-state index is 12.8. The third-order valence-corrected chi connectivity index (χ3v) is 4.94. The number of benzene rings is 2. The van der Waals surface area contributed by atoms with E-state index in [1.54, 1.807) is 6.08 Å². The molecule has 0 aromatic heterocycles. The summed E-state index contributed by atoms with van der Waals surface area (Å²) in [6, 6.07) is 15.2. The summed E-state index contributed by atoms with van der Waals surface area (Å²) >= 11 is 0. The summed E-state index contributed by atoms with van der Waals surface area (Å²) in [7, 11) is 3.42. The molecule has 38 heavy (non-hydrogen) atoms. The fourth-order valence-corrected chi connectivity index (χ4v) is 3.15. The molecule has 1 heterocycles. The first-order valence-corrected chi connectivity index (χ1v) is 11.4. The number of aliphatic carboxylic acids is 2. The molecule has 1 aliphatic heterocycles. The van der Waals surface area contributed by atoms with Crippen LogP contribution >= 0.6 is 0 Å². The summed E-state index contributed by atoms with van der Waals surface area (Å²) in [5.41, 5.74) is 2.94. The van der Waals surface area contributed by atoms with Crippen molar-refractivity contribution in [3.8, 4) is 0 Å². The molecule has 2 aromatic carbocycles. The second-order valence-corrected chi connectivity index (χ2v) is 7.96. The van der Waals surface area contributed by atoms with Crippen LogP contribution in [0, 0.1) is 0 Å². The monoisotopic (exact) mass is 618 g/mol. The summed E-state index contributed by atoms with van der Waals surface area (Å²) in [6.45, 7) is 5.87. The maximum Gasteiger partial charge on any atom is 2.00 e. The summed E-state index contributed by atoms with van der Waals surface area (Å²) in [5.74, 6) is -3.06. The number of likely N-dealkylation sites (N-methyl/N-ethyl adjacent to an activating group) is 1. The molecule has 0 radical (unpaired) electrons. The molecule has 0 saturated carbocycles. The zero-order valence-electron chi connectivity index (χ0n) is 21.8. The van der Waals surface area contributed by atoms with Crippen LogP contribution in [0.1, 0.15) is 35.3 Å². The van der Waals surface area contributed by atoms with Gasteiger partial charge in [-0.3, -0.25) is 0 Å². The number of carbonyl (C=O) groups excluding carboxylic acids is 4. The van der Waals surface area contributed by atoms with Crippen LogP contribution in [0.2, 0.25) is 0 Å². The van der Waals surface area contributed by atoms with Crippen LogP contribution in [0.25, 0.3) is 6.08 Å². The molecule has 0 spiro atoms. The van der Waals surface area contributed by atoms with Crippen LogP contribution in [0.15, 0.2) is 54.6 Å². The van der Waals surface area contributed by atoms with Gasteiger partial charge in [-0.1, -0.05) is 36.4 Å². The van der Waals surface area contributed by atoms with Crippen molar-refractivity contribution >= 4 is 35.6 Å². The molecule has 2 aromatic rings. The van der Waals surface area contributed by atoms with Crippen LogP contribution in [0.5, 0.6) is 0 Å². The number of carboxylic acid groups (broad SMARTS) is 2. The number of carbonyl (C=O) groups is 4. The molecule has 0 amide bonds. The molecule has 0 bridgehead atoms. The van der Waals surface area contributed by atoms with Crippen molar-refractivity contribution in [3.05, 3.63) is 71.3 Å². The number of nitrogens with zero attached hydrogens (tertiary/aromatic N) is 2. The van der Waals surface area contributed by atoms with Crippen molar-refractivity contribution in [2.75, 3.05) is 45.2 Å². The van der Waals surface area contributed by atoms with E-state index in [9.17, 15) is 9.59 Å². The number of anilines is 1. The fraction of sp³-hybridized carbons (Fsp3) is 0.333. The van der Waals surface area contributed by atoms with E-state index in [4.69, 9.17) is 24.5 Å². The van der Waals surface area contributed by atoms with E-state index in [-0.39, 0.29) is 27.0 Å². The molecule has 3 rings (SSSR count). The van der Waals surface area contributed by atoms with Gasteiger partial charge in [0.1, 0.15) is 6.61 Å². The predicted octanol–water partition coefficient (Wildman–Crippen LogP) is 0.492. The standard InChI is InChI=1S/C23H26N2O4.2C2H4O2.Pd/c1-24-12-14-25(15-13-24)20-10-8-19(9-11-22(26)28-2)21(16-20)23(27)29-17-18-6-4-3-5-7-18;2*1-2(3)4;/h3-11,16H,12-15,17H2,1-2H3;2*1H3,(H,3,4);/q;;;+2/p-2/b11-9+;;;. The Labute approximate surface area is 236 Å². The second-order valence-electron chi connectivity index (χ2n) is 7.96. The quantitative estimate of drug-likeness (QED) is 0.255. The minimum atomic E-state index is -1.08. The molecular weight excluding hydrogens is 587 g/mol. The molecule has 1 fully saturated rings. The molecule has 11 heteroatoms. The number of methoxy groups -OCH3 is 1. The number of rotatable bonds is 6. The van der Waals surface area contributed by atoms with Gasteiger partial charge < -0.3 is 39.1 Å². The molecule has 0 N–H and O–H groups in total. The summed E-state index contributed by atoms with van der Waals surface area (Å²) in [6.07, 6.45) is 2.89. The van der Waals surface area contributed by atoms with Gasteiger partial charge in [-0.15, -0.1) is 0 Å². The number of esters is 2. The van der Waals surface area contributed by atoms with Gasteiger partial charge in [0.15, 0.2) is 0 Å². The molecule has 10 nitrogen and oxygen atoms in total.